The van der Waals surface area contributed by atoms with E-state index < -0.39 is 0 Å². The number of para-hydroxylation sites is 3. The number of hydrogen-bond acceptors (Lipinski definition) is 2. The molecular formula is C38H24BrNO. The predicted molar refractivity (Wildman–Crippen MR) is 177 cm³/mol. The third-order valence-electron chi connectivity index (χ3n) is 7.90. The average molecular weight is 591 g/mol. The summed E-state index contributed by atoms with van der Waals surface area (Å²) in [6, 6.07) is 51.5. The van der Waals surface area contributed by atoms with Gasteiger partial charge in [0.2, 0.25) is 0 Å². The van der Waals surface area contributed by atoms with E-state index in [2.05, 4.69) is 154 Å². The topological polar surface area (TPSA) is 16.4 Å². The maximum Gasteiger partial charge on any atom is 0.143 e. The summed E-state index contributed by atoms with van der Waals surface area (Å²) in [7, 11) is 0. The van der Waals surface area contributed by atoms with E-state index in [9.17, 15) is 0 Å². The Morgan fingerprint density at radius 1 is 0.488 bits per heavy atom. The van der Waals surface area contributed by atoms with Crippen molar-refractivity contribution in [1.82, 2.24) is 0 Å². The molecule has 0 saturated heterocycles. The molecule has 0 aliphatic carbocycles. The zero-order chi connectivity index (χ0) is 27.3. The van der Waals surface area contributed by atoms with Crippen LogP contribution < -0.4 is 4.90 Å². The Morgan fingerprint density at radius 2 is 1.17 bits per heavy atom. The van der Waals surface area contributed by atoms with Gasteiger partial charge in [-0.1, -0.05) is 103 Å². The molecule has 8 rings (SSSR count). The fraction of sp³-hybridized carbons (Fsp3) is 0. The van der Waals surface area contributed by atoms with Crippen LogP contribution in [0.4, 0.5) is 17.1 Å². The lowest BCUT2D eigenvalue weighted by molar-refractivity contribution is 0.670. The molecule has 1 aromatic heterocycles. The fourth-order valence-electron chi connectivity index (χ4n) is 5.96. The van der Waals surface area contributed by atoms with Gasteiger partial charge in [0, 0.05) is 31.9 Å². The first kappa shape index (κ1) is 24.0. The van der Waals surface area contributed by atoms with Crippen LogP contribution in [0.2, 0.25) is 0 Å². The molecule has 0 spiro atoms. The first-order chi connectivity index (χ1) is 20.2. The molecule has 0 radical (unpaired) electrons. The van der Waals surface area contributed by atoms with E-state index in [1.165, 1.54) is 21.5 Å². The standard InChI is InChI=1S/C38H24BrNO/c39-34-15-4-5-16-36(34)40(35-17-7-10-25-9-1-2-11-30(25)35)29-22-21-26-23-28(20-19-27(26)24-29)31-13-8-14-33-32-12-3-6-18-37(32)41-38(31)33/h1-24H. The van der Waals surface area contributed by atoms with Crippen LogP contribution in [0.1, 0.15) is 0 Å². The molecule has 7 aromatic carbocycles. The van der Waals surface area contributed by atoms with Crippen molar-refractivity contribution in [3.8, 4) is 11.1 Å². The summed E-state index contributed by atoms with van der Waals surface area (Å²) in [6.07, 6.45) is 0. The van der Waals surface area contributed by atoms with Crippen LogP contribution in [-0.2, 0) is 0 Å². The van der Waals surface area contributed by atoms with Crippen molar-refractivity contribution in [2.75, 3.05) is 4.90 Å². The lowest BCUT2D eigenvalue weighted by Gasteiger charge is -2.28. The van der Waals surface area contributed by atoms with Gasteiger partial charge < -0.3 is 9.32 Å². The third-order valence-corrected chi connectivity index (χ3v) is 8.57. The molecule has 1 heterocycles. The maximum absolute atomic E-state index is 6.33. The first-order valence-corrected chi connectivity index (χ1v) is 14.5. The minimum absolute atomic E-state index is 0.918. The molecule has 3 heteroatoms. The summed E-state index contributed by atoms with van der Waals surface area (Å²) in [4.78, 5) is 2.34. The number of halogens is 1. The number of rotatable bonds is 4. The zero-order valence-electron chi connectivity index (χ0n) is 22.1. The summed E-state index contributed by atoms with van der Waals surface area (Å²) in [5.74, 6) is 0. The zero-order valence-corrected chi connectivity index (χ0v) is 23.7. The molecule has 0 saturated carbocycles. The van der Waals surface area contributed by atoms with E-state index in [-0.39, 0.29) is 0 Å². The van der Waals surface area contributed by atoms with Gasteiger partial charge in [0.25, 0.3) is 0 Å². The molecule has 0 aliphatic rings. The largest absolute Gasteiger partial charge is 0.455 e. The molecule has 0 fully saturated rings. The summed E-state index contributed by atoms with van der Waals surface area (Å²) in [5.41, 5.74) is 7.44. The lowest BCUT2D eigenvalue weighted by Crippen LogP contribution is -2.11. The second-order valence-corrected chi connectivity index (χ2v) is 11.2. The van der Waals surface area contributed by atoms with E-state index in [0.29, 0.717) is 0 Å². The number of benzene rings is 7. The summed E-state index contributed by atoms with van der Waals surface area (Å²) in [6.45, 7) is 0. The van der Waals surface area contributed by atoms with Crippen molar-refractivity contribution < 1.29 is 4.42 Å². The molecule has 2 nitrogen and oxygen atoms in total. The molecule has 8 aromatic rings. The Bertz CT molecular complexity index is 2240. The monoisotopic (exact) mass is 589 g/mol. The molecular weight excluding hydrogens is 566 g/mol. The van der Waals surface area contributed by atoms with Gasteiger partial charge in [-0.05, 0) is 80.1 Å². The van der Waals surface area contributed by atoms with Crippen LogP contribution in [0.3, 0.4) is 0 Å². The van der Waals surface area contributed by atoms with Crippen molar-refractivity contribution in [3.05, 3.63) is 150 Å². The van der Waals surface area contributed by atoms with Crippen molar-refractivity contribution >= 4 is 76.5 Å². The summed E-state index contributed by atoms with van der Waals surface area (Å²) < 4.78 is 7.38. The van der Waals surface area contributed by atoms with Gasteiger partial charge in [0.15, 0.2) is 0 Å². The van der Waals surface area contributed by atoms with Gasteiger partial charge in [-0.25, -0.2) is 0 Å². The van der Waals surface area contributed by atoms with Gasteiger partial charge in [-0.2, -0.15) is 0 Å². The molecule has 0 unspecified atom stereocenters. The number of anilines is 3. The van der Waals surface area contributed by atoms with E-state index in [1.807, 2.05) is 12.1 Å². The molecule has 41 heavy (non-hydrogen) atoms. The molecule has 0 amide bonds. The highest BCUT2D eigenvalue weighted by molar-refractivity contribution is 9.10. The Labute approximate surface area is 246 Å². The van der Waals surface area contributed by atoms with E-state index in [4.69, 9.17) is 4.42 Å². The Kier molecular flexibility index (Phi) is 5.65. The smallest absolute Gasteiger partial charge is 0.143 e. The number of nitrogens with zero attached hydrogens (tertiary/aromatic N) is 1. The van der Waals surface area contributed by atoms with E-state index in [1.54, 1.807) is 0 Å². The van der Waals surface area contributed by atoms with E-state index >= 15 is 0 Å². The van der Waals surface area contributed by atoms with Crippen LogP contribution in [0, 0.1) is 0 Å². The molecule has 194 valence electrons. The maximum atomic E-state index is 6.33. The molecule has 0 bridgehead atoms. The summed E-state index contributed by atoms with van der Waals surface area (Å²) in [5, 5.41) is 7.08. The van der Waals surface area contributed by atoms with Gasteiger partial charge in [0.1, 0.15) is 11.2 Å². The second-order valence-electron chi connectivity index (χ2n) is 10.3. The van der Waals surface area contributed by atoms with Crippen LogP contribution >= 0.6 is 15.9 Å². The average Bonchev–Trinajstić information content (AvgIpc) is 3.41. The van der Waals surface area contributed by atoms with Crippen LogP contribution in [-0.4, -0.2) is 0 Å². The quantitative estimate of drug-likeness (QED) is 0.203. The predicted octanol–water partition coefficient (Wildman–Crippen LogP) is 11.8. The first-order valence-electron chi connectivity index (χ1n) is 13.7. The fourth-order valence-corrected chi connectivity index (χ4v) is 6.42. The number of fused-ring (bicyclic) bond motifs is 5. The highest BCUT2D eigenvalue weighted by Gasteiger charge is 2.18. The lowest BCUT2D eigenvalue weighted by atomic mass is 9.98. The highest BCUT2D eigenvalue weighted by Crippen LogP contribution is 2.43. The number of furan rings is 1. The van der Waals surface area contributed by atoms with Crippen LogP contribution in [0.25, 0.3) is 54.6 Å². The molecule has 0 atom stereocenters. The highest BCUT2D eigenvalue weighted by atomic mass is 79.9. The Balaban J connectivity index is 1.28. The third kappa shape index (κ3) is 4.01. The SMILES string of the molecule is Brc1ccccc1N(c1ccc2cc(-c3cccc4c3oc3ccccc34)ccc2c1)c1cccc2ccccc12. The molecule has 0 aliphatic heterocycles. The Hall–Kier alpha value is -4.86. The minimum Gasteiger partial charge on any atom is -0.455 e. The Morgan fingerprint density at radius 3 is 2.10 bits per heavy atom. The van der Waals surface area contributed by atoms with Crippen molar-refractivity contribution in [1.29, 1.82) is 0 Å². The van der Waals surface area contributed by atoms with Gasteiger partial charge >= 0.3 is 0 Å². The van der Waals surface area contributed by atoms with Crippen LogP contribution in [0.5, 0.6) is 0 Å². The van der Waals surface area contributed by atoms with Crippen molar-refractivity contribution in [3.63, 3.8) is 0 Å². The second kappa shape index (κ2) is 9.65. The van der Waals surface area contributed by atoms with Gasteiger partial charge in [-0.15, -0.1) is 0 Å². The minimum atomic E-state index is 0.918. The van der Waals surface area contributed by atoms with E-state index in [0.717, 1.165) is 54.6 Å². The number of hydrogen-bond donors (Lipinski definition) is 0. The van der Waals surface area contributed by atoms with Crippen molar-refractivity contribution in [2.24, 2.45) is 0 Å². The molecule has 0 N–H and O–H groups in total. The van der Waals surface area contributed by atoms with Gasteiger partial charge in [-0.3, -0.25) is 0 Å². The van der Waals surface area contributed by atoms with Crippen LogP contribution in [0.15, 0.2) is 154 Å². The normalized spacial score (nSPS) is 11.5. The summed E-state index contributed by atoms with van der Waals surface area (Å²) >= 11 is 3.82. The van der Waals surface area contributed by atoms with Gasteiger partial charge in [0.05, 0.1) is 11.4 Å². The van der Waals surface area contributed by atoms with Crippen molar-refractivity contribution in [2.45, 2.75) is 0 Å².